The lowest BCUT2D eigenvalue weighted by atomic mass is 10.4. The molecular weight excluding hydrogens is 242 g/mol. The summed E-state index contributed by atoms with van der Waals surface area (Å²) in [6.45, 7) is 2.77. The molecule has 0 fully saturated rings. The van der Waals surface area contributed by atoms with Crippen LogP contribution in [0.3, 0.4) is 0 Å². The van der Waals surface area contributed by atoms with Crippen LogP contribution in [0, 0.1) is 6.92 Å². The van der Waals surface area contributed by atoms with Crippen LogP contribution in [0.4, 0.5) is 5.82 Å². The van der Waals surface area contributed by atoms with Crippen molar-refractivity contribution in [1.29, 1.82) is 0 Å². The third-order valence-electron chi connectivity index (χ3n) is 1.71. The third-order valence-corrected chi connectivity index (χ3v) is 3.14. The highest BCUT2D eigenvalue weighted by Gasteiger charge is 2.24. The minimum absolute atomic E-state index is 0.0787. The van der Waals surface area contributed by atoms with Crippen LogP contribution in [-0.4, -0.2) is 24.1 Å². The second kappa shape index (κ2) is 3.82. The molecule has 8 heteroatoms. The smallest absolute Gasteiger partial charge is 0.266 e. The summed E-state index contributed by atoms with van der Waals surface area (Å²) in [6.07, 6.45) is 0. The number of rotatable bonds is 2. The first-order valence-corrected chi connectivity index (χ1v) is 6.30. The fourth-order valence-electron chi connectivity index (χ4n) is 1.24. The summed E-state index contributed by atoms with van der Waals surface area (Å²) in [5.74, 6) is -0.311. The summed E-state index contributed by atoms with van der Waals surface area (Å²) in [5.41, 5.74) is 0.247. The van der Waals surface area contributed by atoms with Gasteiger partial charge in [-0.2, -0.15) is 5.10 Å². The first-order chi connectivity index (χ1) is 6.73. The fourth-order valence-corrected chi connectivity index (χ4v) is 2.60. The summed E-state index contributed by atoms with van der Waals surface area (Å²) in [4.78, 5) is 10.7. The lowest BCUT2D eigenvalue weighted by molar-refractivity contribution is -0.114. The Morgan fingerprint density at radius 2 is 2.07 bits per heavy atom. The summed E-state index contributed by atoms with van der Waals surface area (Å²) >= 11 is 0. The molecule has 0 saturated heterocycles. The van der Waals surface area contributed by atoms with Crippen LogP contribution >= 0.6 is 10.7 Å². The maximum Gasteiger partial charge on any atom is 0.266 e. The van der Waals surface area contributed by atoms with Crippen LogP contribution in [0.15, 0.2) is 4.90 Å². The van der Waals surface area contributed by atoms with E-state index < -0.39 is 9.05 Å². The highest BCUT2D eigenvalue weighted by atomic mass is 35.7. The number of aryl methyl sites for hydroxylation is 2. The molecule has 0 saturated carbocycles. The van der Waals surface area contributed by atoms with Crippen molar-refractivity contribution in [3.8, 4) is 0 Å². The lowest BCUT2D eigenvalue weighted by Gasteiger charge is -2.03. The molecule has 1 aromatic rings. The number of carbonyl (C=O) groups is 1. The Labute approximate surface area is 91.6 Å². The van der Waals surface area contributed by atoms with Gasteiger partial charge in [0.2, 0.25) is 5.91 Å². The second-order valence-corrected chi connectivity index (χ2v) is 5.51. The molecule has 0 aliphatic heterocycles. The lowest BCUT2D eigenvalue weighted by Crippen LogP contribution is -2.12. The average molecular weight is 252 g/mol. The molecule has 1 N–H and O–H groups in total. The van der Waals surface area contributed by atoms with Crippen molar-refractivity contribution in [2.45, 2.75) is 18.7 Å². The Morgan fingerprint density at radius 3 is 2.47 bits per heavy atom. The Morgan fingerprint density at radius 1 is 1.53 bits per heavy atom. The molecular formula is C7H10ClN3O3S. The highest BCUT2D eigenvalue weighted by Crippen LogP contribution is 2.27. The van der Waals surface area contributed by atoms with Crippen molar-refractivity contribution in [1.82, 2.24) is 9.78 Å². The van der Waals surface area contributed by atoms with Gasteiger partial charge in [0.1, 0.15) is 4.90 Å². The van der Waals surface area contributed by atoms with Crippen LogP contribution < -0.4 is 5.32 Å². The topological polar surface area (TPSA) is 81.1 Å². The minimum Gasteiger partial charge on any atom is -0.310 e. The highest BCUT2D eigenvalue weighted by molar-refractivity contribution is 8.13. The van der Waals surface area contributed by atoms with Gasteiger partial charge in [0, 0.05) is 24.7 Å². The van der Waals surface area contributed by atoms with Gasteiger partial charge >= 0.3 is 0 Å². The molecule has 0 bridgehead atoms. The monoisotopic (exact) mass is 251 g/mol. The van der Waals surface area contributed by atoms with Gasteiger partial charge in [-0.1, -0.05) is 0 Å². The largest absolute Gasteiger partial charge is 0.310 e. The van der Waals surface area contributed by atoms with Gasteiger partial charge < -0.3 is 5.32 Å². The van der Waals surface area contributed by atoms with Crippen LogP contribution in [-0.2, 0) is 20.9 Å². The van der Waals surface area contributed by atoms with Crippen molar-refractivity contribution >= 4 is 31.5 Å². The number of carbonyl (C=O) groups excluding carboxylic acids is 1. The van der Waals surface area contributed by atoms with E-state index in [2.05, 4.69) is 10.4 Å². The molecule has 0 spiro atoms. The van der Waals surface area contributed by atoms with Crippen LogP contribution in [0.1, 0.15) is 12.6 Å². The quantitative estimate of drug-likeness (QED) is 0.781. The van der Waals surface area contributed by atoms with Gasteiger partial charge in [0.25, 0.3) is 9.05 Å². The van der Waals surface area contributed by atoms with E-state index in [0.717, 1.165) is 0 Å². The molecule has 0 atom stereocenters. The van der Waals surface area contributed by atoms with Crippen molar-refractivity contribution in [3.05, 3.63) is 5.69 Å². The average Bonchev–Trinajstić information content (AvgIpc) is 2.23. The van der Waals surface area contributed by atoms with Gasteiger partial charge in [-0.05, 0) is 6.92 Å². The van der Waals surface area contributed by atoms with E-state index in [9.17, 15) is 13.2 Å². The Balaban J connectivity index is 3.43. The first-order valence-electron chi connectivity index (χ1n) is 3.99. The molecule has 0 aliphatic carbocycles. The zero-order valence-electron chi connectivity index (χ0n) is 8.41. The molecule has 6 nitrogen and oxygen atoms in total. The number of halogens is 1. The molecule has 15 heavy (non-hydrogen) atoms. The van der Waals surface area contributed by atoms with Gasteiger partial charge in [-0.3, -0.25) is 9.48 Å². The Kier molecular flexibility index (Phi) is 3.05. The standard InChI is InChI=1S/C7H10ClN3O3S/c1-4-6(15(8,13)14)7(9-5(2)12)11(3)10-4/h1-3H3,(H,9,12). The molecule has 84 valence electrons. The van der Waals surface area contributed by atoms with Crippen molar-refractivity contribution < 1.29 is 13.2 Å². The van der Waals surface area contributed by atoms with Crippen molar-refractivity contribution in [2.75, 3.05) is 5.32 Å². The Hall–Kier alpha value is -1.08. The van der Waals surface area contributed by atoms with E-state index in [1.807, 2.05) is 0 Å². The van der Waals surface area contributed by atoms with Crippen LogP contribution in [0.25, 0.3) is 0 Å². The SMILES string of the molecule is CC(=O)Nc1c(S(=O)(=O)Cl)c(C)nn1C. The molecule has 0 aromatic carbocycles. The van der Waals surface area contributed by atoms with E-state index in [4.69, 9.17) is 10.7 Å². The zero-order chi connectivity index (χ0) is 11.8. The molecule has 1 heterocycles. The molecule has 1 amide bonds. The third kappa shape index (κ3) is 2.48. The van der Waals surface area contributed by atoms with E-state index in [-0.39, 0.29) is 22.3 Å². The van der Waals surface area contributed by atoms with Gasteiger partial charge in [-0.15, -0.1) is 0 Å². The number of aromatic nitrogens is 2. The van der Waals surface area contributed by atoms with E-state index in [1.165, 1.54) is 25.6 Å². The number of nitrogens with one attached hydrogen (secondary N) is 1. The number of anilines is 1. The minimum atomic E-state index is -3.91. The molecule has 1 rings (SSSR count). The van der Waals surface area contributed by atoms with Gasteiger partial charge in [0.05, 0.1) is 5.69 Å². The first kappa shape index (κ1) is 12.0. The van der Waals surface area contributed by atoms with E-state index >= 15 is 0 Å². The number of nitrogens with zero attached hydrogens (tertiary/aromatic N) is 2. The van der Waals surface area contributed by atoms with Crippen molar-refractivity contribution in [2.24, 2.45) is 7.05 Å². The second-order valence-electron chi connectivity index (χ2n) is 3.01. The fraction of sp³-hybridized carbons (Fsp3) is 0.429. The number of hydrogen-bond acceptors (Lipinski definition) is 4. The van der Waals surface area contributed by atoms with Crippen molar-refractivity contribution in [3.63, 3.8) is 0 Å². The van der Waals surface area contributed by atoms with Crippen LogP contribution in [0.5, 0.6) is 0 Å². The predicted octanol–water partition coefficient (Wildman–Crippen LogP) is 0.614. The van der Waals surface area contributed by atoms with E-state index in [1.54, 1.807) is 0 Å². The zero-order valence-corrected chi connectivity index (χ0v) is 9.98. The van der Waals surface area contributed by atoms with Crippen LogP contribution in [0.2, 0.25) is 0 Å². The summed E-state index contributed by atoms with van der Waals surface area (Å²) < 4.78 is 23.7. The van der Waals surface area contributed by atoms with Gasteiger partial charge in [-0.25, -0.2) is 8.42 Å². The number of hydrogen-bond donors (Lipinski definition) is 1. The summed E-state index contributed by atoms with van der Waals surface area (Å²) in [6, 6.07) is 0. The molecule has 0 radical (unpaired) electrons. The normalized spacial score (nSPS) is 11.5. The predicted molar refractivity (Wildman–Crippen MR) is 55.3 cm³/mol. The van der Waals surface area contributed by atoms with E-state index in [0.29, 0.717) is 0 Å². The maximum atomic E-state index is 11.2. The number of amides is 1. The Bertz CT molecular complexity index is 506. The summed E-state index contributed by atoms with van der Waals surface area (Å²) in [5, 5.41) is 6.24. The molecule has 0 unspecified atom stereocenters. The summed E-state index contributed by atoms with van der Waals surface area (Å²) in [7, 11) is 2.84. The maximum absolute atomic E-state index is 11.2. The van der Waals surface area contributed by atoms with Gasteiger partial charge in [0.15, 0.2) is 5.82 Å². The molecule has 1 aromatic heterocycles. The molecule has 0 aliphatic rings.